The smallest absolute Gasteiger partial charge is 0.258 e. The van der Waals surface area contributed by atoms with Crippen LogP contribution in [0.3, 0.4) is 0 Å². The summed E-state index contributed by atoms with van der Waals surface area (Å²) in [5, 5.41) is 10.8. The van der Waals surface area contributed by atoms with E-state index in [9.17, 15) is 9.90 Å². The maximum atomic E-state index is 11.8. The van der Waals surface area contributed by atoms with Gasteiger partial charge in [-0.15, -0.1) is 0 Å². The molecule has 1 unspecified atom stereocenters. The Morgan fingerprint density at radius 2 is 1.68 bits per heavy atom. The van der Waals surface area contributed by atoms with E-state index in [-0.39, 0.29) is 0 Å². The average Bonchev–Trinajstić information content (AvgIpc) is 2.47. The molecule has 2 aromatic rings. The van der Waals surface area contributed by atoms with Gasteiger partial charge in [0.15, 0.2) is 5.60 Å². The summed E-state index contributed by atoms with van der Waals surface area (Å²) >= 11 is 0. The fraction of sp³-hybridized carbons (Fsp3) is 0.133. The molecule has 1 atom stereocenters. The van der Waals surface area contributed by atoms with Crippen LogP contribution in [0.25, 0.3) is 0 Å². The minimum Gasteiger partial charge on any atom is -0.496 e. The lowest BCUT2D eigenvalue weighted by Gasteiger charge is -2.27. The van der Waals surface area contributed by atoms with Crippen LogP contribution in [0.4, 0.5) is 0 Å². The minimum atomic E-state index is -1.91. The standard InChI is InChI=1S/C15H15NO3/c1-19-13-10-6-5-9-12(13)15(18,14(16)17)11-7-3-2-4-8-11/h2-10,18H,1H3,(H2,16,17). The molecule has 19 heavy (non-hydrogen) atoms. The summed E-state index contributed by atoms with van der Waals surface area (Å²) in [6.07, 6.45) is 0. The summed E-state index contributed by atoms with van der Waals surface area (Å²) in [6.45, 7) is 0. The first-order valence-electron chi connectivity index (χ1n) is 5.82. The third kappa shape index (κ3) is 2.18. The van der Waals surface area contributed by atoms with Gasteiger partial charge in [0, 0.05) is 5.56 Å². The number of methoxy groups -OCH3 is 1. The van der Waals surface area contributed by atoms with E-state index in [2.05, 4.69) is 0 Å². The molecule has 0 aliphatic carbocycles. The van der Waals surface area contributed by atoms with Gasteiger partial charge in [-0.25, -0.2) is 0 Å². The van der Waals surface area contributed by atoms with Crippen molar-refractivity contribution >= 4 is 5.91 Å². The molecule has 4 nitrogen and oxygen atoms in total. The number of aliphatic hydroxyl groups is 1. The van der Waals surface area contributed by atoms with Crippen LogP contribution in [0, 0.1) is 0 Å². The van der Waals surface area contributed by atoms with Gasteiger partial charge in [0.05, 0.1) is 7.11 Å². The molecule has 0 saturated carbocycles. The zero-order chi connectivity index (χ0) is 13.9. The number of hydrogen-bond acceptors (Lipinski definition) is 3. The molecule has 2 aromatic carbocycles. The number of carbonyl (C=O) groups is 1. The van der Waals surface area contributed by atoms with Crippen LogP contribution in [0.2, 0.25) is 0 Å². The number of para-hydroxylation sites is 1. The third-order valence-electron chi connectivity index (χ3n) is 3.04. The molecule has 0 saturated heterocycles. The van der Waals surface area contributed by atoms with Crippen LogP contribution in [0.5, 0.6) is 5.75 Å². The number of primary amides is 1. The van der Waals surface area contributed by atoms with E-state index in [1.54, 1.807) is 54.6 Å². The number of carbonyl (C=O) groups excluding carboxylic acids is 1. The molecule has 0 aliphatic heterocycles. The van der Waals surface area contributed by atoms with Gasteiger partial charge in [-0.05, 0) is 11.6 Å². The van der Waals surface area contributed by atoms with Crippen LogP contribution in [-0.4, -0.2) is 18.1 Å². The van der Waals surface area contributed by atoms with Gasteiger partial charge in [0.2, 0.25) is 0 Å². The second kappa shape index (κ2) is 5.12. The number of rotatable bonds is 4. The summed E-state index contributed by atoms with van der Waals surface area (Å²) in [7, 11) is 1.48. The first-order chi connectivity index (χ1) is 9.10. The van der Waals surface area contributed by atoms with E-state index >= 15 is 0 Å². The van der Waals surface area contributed by atoms with Crippen LogP contribution in [-0.2, 0) is 10.4 Å². The topological polar surface area (TPSA) is 72.6 Å². The second-order valence-corrected chi connectivity index (χ2v) is 4.14. The second-order valence-electron chi connectivity index (χ2n) is 4.14. The van der Waals surface area contributed by atoms with Crippen molar-refractivity contribution in [3.8, 4) is 5.75 Å². The third-order valence-corrected chi connectivity index (χ3v) is 3.04. The number of amides is 1. The molecular weight excluding hydrogens is 242 g/mol. The van der Waals surface area contributed by atoms with Crippen molar-refractivity contribution in [2.75, 3.05) is 7.11 Å². The van der Waals surface area contributed by atoms with E-state index in [0.29, 0.717) is 16.9 Å². The van der Waals surface area contributed by atoms with Crippen molar-refractivity contribution < 1.29 is 14.6 Å². The molecule has 0 bridgehead atoms. The number of benzene rings is 2. The Hall–Kier alpha value is -2.33. The molecule has 0 spiro atoms. The maximum Gasteiger partial charge on any atom is 0.258 e. The van der Waals surface area contributed by atoms with Crippen molar-refractivity contribution in [1.82, 2.24) is 0 Å². The lowest BCUT2D eigenvalue weighted by Crippen LogP contribution is -2.42. The summed E-state index contributed by atoms with van der Waals surface area (Å²) in [4.78, 5) is 11.8. The van der Waals surface area contributed by atoms with Gasteiger partial charge in [-0.3, -0.25) is 4.79 Å². The Labute approximate surface area is 111 Å². The molecule has 4 heteroatoms. The van der Waals surface area contributed by atoms with Gasteiger partial charge in [-0.2, -0.15) is 0 Å². The normalized spacial score (nSPS) is 13.6. The molecule has 0 aliphatic rings. The fourth-order valence-corrected chi connectivity index (χ4v) is 2.05. The van der Waals surface area contributed by atoms with E-state index in [0.717, 1.165) is 0 Å². The number of nitrogens with two attached hydrogens (primary N) is 1. The summed E-state index contributed by atoms with van der Waals surface area (Å²) < 4.78 is 5.20. The van der Waals surface area contributed by atoms with E-state index in [4.69, 9.17) is 10.5 Å². The first kappa shape index (κ1) is 13.1. The monoisotopic (exact) mass is 257 g/mol. The van der Waals surface area contributed by atoms with Crippen molar-refractivity contribution in [2.45, 2.75) is 5.60 Å². The number of hydrogen-bond donors (Lipinski definition) is 2. The van der Waals surface area contributed by atoms with E-state index in [1.807, 2.05) is 0 Å². The maximum absolute atomic E-state index is 11.8. The largest absolute Gasteiger partial charge is 0.496 e. The molecule has 0 radical (unpaired) electrons. The Bertz CT molecular complexity index is 583. The molecular formula is C15H15NO3. The molecule has 98 valence electrons. The van der Waals surface area contributed by atoms with E-state index in [1.165, 1.54) is 7.11 Å². The zero-order valence-corrected chi connectivity index (χ0v) is 10.5. The van der Waals surface area contributed by atoms with Gasteiger partial charge < -0.3 is 15.6 Å². The van der Waals surface area contributed by atoms with Gasteiger partial charge in [-0.1, -0.05) is 48.5 Å². The number of ether oxygens (including phenoxy) is 1. The highest BCUT2D eigenvalue weighted by atomic mass is 16.5. The van der Waals surface area contributed by atoms with Gasteiger partial charge in [0.1, 0.15) is 5.75 Å². The Balaban J connectivity index is 2.67. The lowest BCUT2D eigenvalue weighted by atomic mass is 9.85. The highest BCUT2D eigenvalue weighted by molar-refractivity contribution is 5.89. The molecule has 0 aromatic heterocycles. The summed E-state index contributed by atoms with van der Waals surface area (Å²) in [5.74, 6) is -0.434. The SMILES string of the molecule is COc1ccccc1C(O)(C(N)=O)c1ccccc1. The van der Waals surface area contributed by atoms with Crippen molar-refractivity contribution in [1.29, 1.82) is 0 Å². The Morgan fingerprint density at radius 1 is 1.11 bits per heavy atom. The van der Waals surface area contributed by atoms with Crippen LogP contribution < -0.4 is 10.5 Å². The zero-order valence-electron chi connectivity index (χ0n) is 10.5. The predicted octanol–water partition coefficient (Wildman–Crippen LogP) is 1.42. The quantitative estimate of drug-likeness (QED) is 0.870. The van der Waals surface area contributed by atoms with Gasteiger partial charge in [0.25, 0.3) is 5.91 Å². The predicted molar refractivity (Wildman–Crippen MR) is 71.6 cm³/mol. The molecule has 1 amide bonds. The first-order valence-corrected chi connectivity index (χ1v) is 5.82. The summed E-state index contributed by atoms with van der Waals surface area (Å²) in [6, 6.07) is 15.3. The van der Waals surface area contributed by atoms with Crippen LogP contribution >= 0.6 is 0 Å². The Morgan fingerprint density at radius 3 is 2.26 bits per heavy atom. The average molecular weight is 257 g/mol. The molecule has 0 fully saturated rings. The van der Waals surface area contributed by atoms with Crippen LogP contribution in [0.15, 0.2) is 54.6 Å². The highest BCUT2D eigenvalue weighted by Crippen LogP contribution is 2.35. The van der Waals surface area contributed by atoms with Crippen molar-refractivity contribution in [3.63, 3.8) is 0 Å². The minimum absolute atomic E-state index is 0.330. The Kier molecular flexibility index (Phi) is 3.53. The lowest BCUT2D eigenvalue weighted by molar-refractivity contribution is -0.133. The van der Waals surface area contributed by atoms with Crippen molar-refractivity contribution in [3.05, 3.63) is 65.7 Å². The molecule has 2 rings (SSSR count). The summed E-state index contributed by atoms with van der Waals surface area (Å²) in [5.41, 5.74) is 4.24. The van der Waals surface area contributed by atoms with Gasteiger partial charge >= 0.3 is 0 Å². The fourth-order valence-electron chi connectivity index (χ4n) is 2.05. The van der Waals surface area contributed by atoms with Crippen molar-refractivity contribution in [2.24, 2.45) is 5.73 Å². The highest BCUT2D eigenvalue weighted by Gasteiger charge is 2.40. The van der Waals surface area contributed by atoms with Crippen LogP contribution in [0.1, 0.15) is 11.1 Å². The van der Waals surface area contributed by atoms with E-state index < -0.39 is 11.5 Å². The molecule has 3 N–H and O–H groups in total. The molecule has 0 heterocycles.